The normalized spacial score (nSPS) is 12.7. The number of hydrogen-bond acceptors (Lipinski definition) is 5. The minimum absolute atomic E-state index is 0.292. The zero-order valence-corrected chi connectivity index (χ0v) is 12.5. The summed E-state index contributed by atoms with van der Waals surface area (Å²) in [5.74, 6) is 4.80. The molecule has 5 heteroatoms. The number of rotatable bonds is 7. The fraction of sp³-hybridized carbons (Fsp3) is 0.692. The van der Waals surface area contributed by atoms with Gasteiger partial charge in [0.05, 0.1) is 0 Å². The summed E-state index contributed by atoms with van der Waals surface area (Å²) < 4.78 is 0. The van der Waals surface area contributed by atoms with E-state index < -0.39 is 0 Å². The number of nitrogens with zero attached hydrogens (tertiary/aromatic N) is 2. The SMILES string of the molecule is CCSCCC(C)Nc1cc(N)nc(C(C)C)n1. The van der Waals surface area contributed by atoms with Crippen LogP contribution in [0.25, 0.3) is 0 Å². The molecule has 0 saturated heterocycles. The Morgan fingerprint density at radius 1 is 1.33 bits per heavy atom. The minimum Gasteiger partial charge on any atom is -0.384 e. The van der Waals surface area contributed by atoms with Crippen molar-refractivity contribution >= 4 is 23.4 Å². The lowest BCUT2D eigenvalue weighted by atomic mass is 10.2. The van der Waals surface area contributed by atoms with E-state index >= 15 is 0 Å². The van der Waals surface area contributed by atoms with Gasteiger partial charge in [-0.1, -0.05) is 20.8 Å². The number of anilines is 2. The largest absolute Gasteiger partial charge is 0.384 e. The summed E-state index contributed by atoms with van der Waals surface area (Å²) in [7, 11) is 0. The second kappa shape index (κ2) is 7.46. The smallest absolute Gasteiger partial charge is 0.135 e. The van der Waals surface area contributed by atoms with Gasteiger partial charge < -0.3 is 11.1 Å². The molecular formula is C13H24N4S. The van der Waals surface area contributed by atoms with Gasteiger partial charge >= 0.3 is 0 Å². The summed E-state index contributed by atoms with van der Waals surface area (Å²) in [5, 5.41) is 3.39. The molecule has 0 amide bonds. The maximum Gasteiger partial charge on any atom is 0.135 e. The Hall–Kier alpha value is -0.970. The van der Waals surface area contributed by atoms with Crippen LogP contribution in [0.15, 0.2) is 6.07 Å². The Bertz CT molecular complexity index is 368. The van der Waals surface area contributed by atoms with E-state index in [1.54, 1.807) is 6.07 Å². The van der Waals surface area contributed by atoms with Crippen molar-refractivity contribution in [2.24, 2.45) is 0 Å². The number of thioether (sulfide) groups is 1. The molecule has 0 bridgehead atoms. The van der Waals surface area contributed by atoms with E-state index in [0.717, 1.165) is 18.1 Å². The quantitative estimate of drug-likeness (QED) is 0.744. The Balaban J connectivity index is 2.60. The first-order chi connectivity index (χ1) is 8.52. The summed E-state index contributed by atoms with van der Waals surface area (Å²) in [6.45, 7) is 8.49. The molecule has 1 unspecified atom stereocenters. The second-order valence-corrected chi connectivity index (χ2v) is 6.12. The third kappa shape index (κ3) is 5.12. The molecule has 102 valence electrons. The zero-order chi connectivity index (χ0) is 13.5. The highest BCUT2D eigenvalue weighted by Crippen LogP contribution is 2.16. The molecule has 0 saturated carbocycles. The van der Waals surface area contributed by atoms with Gasteiger partial charge in [-0.3, -0.25) is 0 Å². The predicted molar refractivity (Wildman–Crippen MR) is 81.2 cm³/mol. The van der Waals surface area contributed by atoms with Crippen molar-refractivity contribution in [2.45, 2.75) is 46.1 Å². The van der Waals surface area contributed by atoms with E-state index in [4.69, 9.17) is 5.73 Å². The highest BCUT2D eigenvalue weighted by molar-refractivity contribution is 7.99. The van der Waals surface area contributed by atoms with Crippen LogP contribution >= 0.6 is 11.8 Å². The molecule has 0 radical (unpaired) electrons. The van der Waals surface area contributed by atoms with Crippen LogP contribution in [0.4, 0.5) is 11.6 Å². The first-order valence-corrected chi connectivity index (χ1v) is 7.67. The standard InChI is InChI=1S/C13H24N4S/c1-5-18-7-6-10(4)15-12-8-11(14)16-13(17-12)9(2)3/h8-10H,5-7H2,1-4H3,(H3,14,15,16,17). The van der Waals surface area contributed by atoms with Crippen LogP contribution in [0.1, 0.15) is 45.9 Å². The average molecular weight is 268 g/mol. The van der Waals surface area contributed by atoms with E-state index in [0.29, 0.717) is 17.8 Å². The number of hydrogen-bond donors (Lipinski definition) is 2. The molecular weight excluding hydrogens is 244 g/mol. The van der Waals surface area contributed by atoms with Crippen molar-refractivity contribution < 1.29 is 0 Å². The summed E-state index contributed by atoms with van der Waals surface area (Å²) in [6, 6.07) is 2.20. The van der Waals surface area contributed by atoms with E-state index in [1.807, 2.05) is 11.8 Å². The number of aromatic nitrogens is 2. The van der Waals surface area contributed by atoms with E-state index in [2.05, 4.69) is 43.0 Å². The number of nitrogen functional groups attached to an aromatic ring is 1. The van der Waals surface area contributed by atoms with Crippen LogP contribution < -0.4 is 11.1 Å². The molecule has 0 aliphatic carbocycles. The van der Waals surface area contributed by atoms with Gasteiger partial charge in [0.15, 0.2) is 0 Å². The summed E-state index contributed by atoms with van der Waals surface area (Å²) in [6.07, 6.45) is 1.12. The minimum atomic E-state index is 0.292. The molecule has 0 fully saturated rings. The Kier molecular flexibility index (Phi) is 6.25. The van der Waals surface area contributed by atoms with E-state index in [1.165, 1.54) is 11.5 Å². The van der Waals surface area contributed by atoms with Crippen molar-refractivity contribution in [1.82, 2.24) is 9.97 Å². The molecule has 1 heterocycles. The fourth-order valence-corrected chi connectivity index (χ4v) is 2.36. The highest BCUT2D eigenvalue weighted by Gasteiger charge is 2.08. The molecule has 18 heavy (non-hydrogen) atoms. The lowest BCUT2D eigenvalue weighted by molar-refractivity contribution is 0.747. The van der Waals surface area contributed by atoms with Crippen LogP contribution in [-0.4, -0.2) is 27.5 Å². The van der Waals surface area contributed by atoms with Crippen molar-refractivity contribution in [3.63, 3.8) is 0 Å². The van der Waals surface area contributed by atoms with Gasteiger partial charge in [0.1, 0.15) is 17.5 Å². The molecule has 1 aromatic rings. The molecule has 0 aromatic carbocycles. The first kappa shape index (κ1) is 15.1. The molecule has 1 rings (SSSR count). The fourth-order valence-electron chi connectivity index (χ4n) is 1.55. The first-order valence-electron chi connectivity index (χ1n) is 6.51. The zero-order valence-electron chi connectivity index (χ0n) is 11.7. The molecule has 0 aliphatic rings. The van der Waals surface area contributed by atoms with Crippen molar-refractivity contribution in [1.29, 1.82) is 0 Å². The summed E-state index contributed by atoms with van der Waals surface area (Å²) in [4.78, 5) is 8.73. The van der Waals surface area contributed by atoms with Crippen LogP contribution in [-0.2, 0) is 0 Å². The van der Waals surface area contributed by atoms with E-state index in [9.17, 15) is 0 Å². The monoisotopic (exact) mass is 268 g/mol. The maximum atomic E-state index is 5.80. The molecule has 1 atom stereocenters. The number of nitrogens with two attached hydrogens (primary N) is 1. The third-order valence-electron chi connectivity index (χ3n) is 2.57. The van der Waals surface area contributed by atoms with Gasteiger partial charge in [-0.15, -0.1) is 0 Å². The predicted octanol–water partition coefficient (Wildman–Crippen LogP) is 3.13. The Labute approximate surface area is 114 Å². The second-order valence-electron chi connectivity index (χ2n) is 4.72. The molecule has 4 nitrogen and oxygen atoms in total. The summed E-state index contributed by atoms with van der Waals surface area (Å²) >= 11 is 1.96. The van der Waals surface area contributed by atoms with Crippen molar-refractivity contribution in [3.8, 4) is 0 Å². The molecule has 0 spiro atoms. The van der Waals surface area contributed by atoms with Gasteiger partial charge in [0.2, 0.25) is 0 Å². The third-order valence-corrected chi connectivity index (χ3v) is 3.51. The Morgan fingerprint density at radius 2 is 2.06 bits per heavy atom. The number of nitrogens with one attached hydrogen (secondary N) is 1. The van der Waals surface area contributed by atoms with Gasteiger partial charge in [0.25, 0.3) is 0 Å². The Morgan fingerprint density at radius 3 is 2.67 bits per heavy atom. The molecule has 3 N–H and O–H groups in total. The van der Waals surface area contributed by atoms with E-state index in [-0.39, 0.29) is 0 Å². The highest BCUT2D eigenvalue weighted by atomic mass is 32.2. The topological polar surface area (TPSA) is 63.8 Å². The van der Waals surface area contributed by atoms with Crippen LogP contribution in [0.5, 0.6) is 0 Å². The van der Waals surface area contributed by atoms with Gasteiger partial charge in [-0.05, 0) is 24.9 Å². The van der Waals surface area contributed by atoms with Gasteiger partial charge in [-0.25, -0.2) is 9.97 Å². The van der Waals surface area contributed by atoms with Crippen LogP contribution in [0.3, 0.4) is 0 Å². The van der Waals surface area contributed by atoms with Gasteiger partial charge in [0, 0.05) is 18.0 Å². The van der Waals surface area contributed by atoms with Crippen LogP contribution in [0.2, 0.25) is 0 Å². The van der Waals surface area contributed by atoms with Crippen molar-refractivity contribution in [2.75, 3.05) is 22.6 Å². The lowest BCUT2D eigenvalue weighted by Crippen LogP contribution is -2.18. The molecule has 1 aromatic heterocycles. The van der Waals surface area contributed by atoms with Crippen molar-refractivity contribution in [3.05, 3.63) is 11.9 Å². The van der Waals surface area contributed by atoms with Gasteiger partial charge in [-0.2, -0.15) is 11.8 Å². The average Bonchev–Trinajstić information content (AvgIpc) is 2.28. The molecule has 0 aliphatic heterocycles. The lowest BCUT2D eigenvalue weighted by Gasteiger charge is -2.15. The maximum absolute atomic E-state index is 5.80. The van der Waals surface area contributed by atoms with Crippen LogP contribution in [0, 0.1) is 0 Å². The summed E-state index contributed by atoms with van der Waals surface area (Å²) in [5.41, 5.74) is 5.80.